The Morgan fingerprint density at radius 2 is 1.91 bits per heavy atom. The summed E-state index contributed by atoms with van der Waals surface area (Å²) in [5.41, 5.74) is 6.32. The fraction of sp³-hybridized carbons (Fsp3) is 0.316. The summed E-state index contributed by atoms with van der Waals surface area (Å²) in [7, 11) is 0. The average Bonchev–Trinajstić information content (AvgIpc) is 2.75. The minimum atomic E-state index is -1.58. The van der Waals surface area contributed by atoms with E-state index in [1.807, 2.05) is 0 Å². The van der Waals surface area contributed by atoms with E-state index in [0.29, 0.717) is 30.3 Å². The number of benzene rings is 1. The van der Waals surface area contributed by atoms with Crippen LogP contribution in [0.4, 0.5) is 23.1 Å². The van der Waals surface area contributed by atoms with E-state index in [4.69, 9.17) is 5.73 Å². The van der Waals surface area contributed by atoms with E-state index < -0.39 is 30.3 Å². The van der Waals surface area contributed by atoms with Gasteiger partial charge in [-0.3, -0.25) is 14.6 Å². The number of anilines is 4. The fourth-order valence-corrected chi connectivity index (χ4v) is 3.08. The van der Waals surface area contributed by atoms with Crippen molar-refractivity contribution in [3.05, 3.63) is 40.2 Å². The number of hydrogen-bond acceptors (Lipinski definition) is 11. The predicted octanol–water partition coefficient (Wildman–Crippen LogP) is -3.33. The van der Waals surface area contributed by atoms with Gasteiger partial charge in [0.05, 0.1) is 18.1 Å². The van der Waals surface area contributed by atoms with Gasteiger partial charge in [0.2, 0.25) is 5.95 Å². The van der Waals surface area contributed by atoms with Crippen LogP contribution in [0.25, 0.3) is 0 Å². The maximum absolute atomic E-state index is 12.2. The summed E-state index contributed by atoms with van der Waals surface area (Å²) in [6, 6.07) is 4.65. The predicted molar refractivity (Wildman–Crippen MR) is 116 cm³/mol. The molecule has 2 aromatic rings. The molecule has 1 aromatic carbocycles. The number of carbonyl (C=O) groups is 3. The largest absolute Gasteiger partial charge is 2.00 e. The van der Waals surface area contributed by atoms with Gasteiger partial charge in [0.15, 0.2) is 5.82 Å². The van der Waals surface area contributed by atoms with Gasteiger partial charge in [-0.1, -0.05) is 0 Å². The summed E-state index contributed by atoms with van der Waals surface area (Å²) in [5, 5.41) is 33.1. The number of hydrogen-bond donors (Lipinski definition) is 6. The van der Waals surface area contributed by atoms with Crippen LogP contribution in [0.5, 0.6) is 0 Å². The Labute approximate surface area is 217 Å². The molecule has 1 aliphatic rings. The van der Waals surface area contributed by atoms with Crippen molar-refractivity contribution < 1.29 is 24.6 Å². The molecule has 0 saturated carbocycles. The molecule has 1 aliphatic heterocycles. The molecule has 0 aliphatic carbocycles. The number of rotatable bonds is 9. The number of nitrogens with zero attached hydrogens (tertiary/aromatic N) is 1. The van der Waals surface area contributed by atoms with Crippen molar-refractivity contribution in [2.24, 2.45) is 0 Å². The van der Waals surface area contributed by atoms with Crippen LogP contribution in [0.1, 0.15) is 23.2 Å². The molecule has 13 nitrogen and oxygen atoms in total. The molecule has 0 saturated heterocycles. The zero-order chi connectivity index (χ0) is 23.3. The molecular weight excluding hydrogens is 462 g/mol. The second kappa shape index (κ2) is 11.7. The van der Waals surface area contributed by atoms with Gasteiger partial charge in [-0.05, 0) is 37.1 Å². The molecule has 33 heavy (non-hydrogen) atoms. The van der Waals surface area contributed by atoms with Crippen LogP contribution < -0.4 is 42.8 Å². The molecule has 14 heteroatoms. The number of carbonyl (C=O) groups excluding carboxylic acids is 3. The quantitative estimate of drug-likeness (QED) is 0.194. The number of aromatic nitrogens is 2. The van der Waals surface area contributed by atoms with Crippen LogP contribution in [0.3, 0.4) is 0 Å². The zero-order valence-electron chi connectivity index (χ0n) is 17.5. The fourth-order valence-electron chi connectivity index (χ4n) is 3.08. The maximum atomic E-state index is 12.2. The number of carboxylic acids is 2. The van der Waals surface area contributed by atoms with Gasteiger partial charge in [0, 0.05) is 30.3 Å². The number of nitrogens with one attached hydrogen (secondary N) is 5. The molecule has 3 rings (SSSR count). The van der Waals surface area contributed by atoms with Gasteiger partial charge in [0.1, 0.15) is 5.69 Å². The Kier molecular flexibility index (Phi) is 9.32. The second-order valence-electron chi connectivity index (χ2n) is 7.11. The summed E-state index contributed by atoms with van der Waals surface area (Å²) in [5.74, 6) is -3.27. The summed E-state index contributed by atoms with van der Waals surface area (Å²) >= 11 is 0. The van der Waals surface area contributed by atoms with Gasteiger partial charge in [-0.15, -0.1) is 0 Å². The molecule has 0 spiro atoms. The number of aromatic amines is 1. The number of fused-ring (bicyclic) bond motifs is 1. The van der Waals surface area contributed by atoms with Gasteiger partial charge >= 0.3 is 37.7 Å². The first-order chi connectivity index (χ1) is 15.2. The van der Waals surface area contributed by atoms with Crippen LogP contribution in [-0.4, -0.2) is 90.7 Å². The van der Waals surface area contributed by atoms with Crippen LogP contribution in [0.15, 0.2) is 29.1 Å². The number of aliphatic carboxylic acids is 2. The standard InChI is InChI=1S/C19H23N7O6.Ca/c20-19-25-15-14(17(30)26-19)23-11(8-22-15)7-21-10-3-1-9(2-4-10)16(29)24-12(18(31)32)5-6-13(27)28;/h1-4,11-12,21,23H,5-8H2,(H,24,29)(H,27,28)(H,31,32)(H4,20,22,25,26,30);/q;+2/p-2/t11-,12+;/m1./s1. The van der Waals surface area contributed by atoms with Crippen molar-refractivity contribution in [2.75, 3.05) is 34.8 Å². The molecule has 170 valence electrons. The third-order valence-corrected chi connectivity index (χ3v) is 4.73. The molecule has 7 N–H and O–H groups in total. The molecule has 2 atom stereocenters. The molecule has 0 radical (unpaired) electrons. The Hall–Kier alpha value is -3.03. The second-order valence-corrected chi connectivity index (χ2v) is 7.11. The van der Waals surface area contributed by atoms with Crippen molar-refractivity contribution in [3.8, 4) is 0 Å². The molecule has 0 bridgehead atoms. The van der Waals surface area contributed by atoms with Crippen LogP contribution in [0, 0.1) is 0 Å². The van der Waals surface area contributed by atoms with E-state index in [9.17, 15) is 29.4 Å². The van der Waals surface area contributed by atoms with Gasteiger partial charge in [-0.2, -0.15) is 4.98 Å². The summed E-state index contributed by atoms with van der Waals surface area (Å²) < 4.78 is 0. The van der Waals surface area contributed by atoms with Gasteiger partial charge < -0.3 is 46.8 Å². The first-order valence-electron chi connectivity index (χ1n) is 9.68. The molecule has 0 fully saturated rings. The number of amides is 1. The zero-order valence-corrected chi connectivity index (χ0v) is 19.7. The summed E-state index contributed by atoms with van der Waals surface area (Å²) in [6.45, 7) is 0.935. The Morgan fingerprint density at radius 3 is 2.55 bits per heavy atom. The third-order valence-electron chi connectivity index (χ3n) is 4.73. The smallest absolute Gasteiger partial charge is 0.550 e. The van der Waals surface area contributed by atoms with E-state index in [2.05, 4.69) is 31.2 Å². The third kappa shape index (κ3) is 7.23. The van der Waals surface area contributed by atoms with E-state index in [-0.39, 0.29) is 67.3 Å². The maximum Gasteiger partial charge on any atom is 2.00 e. The van der Waals surface area contributed by atoms with E-state index >= 15 is 0 Å². The van der Waals surface area contributed by atoms with Crippen LogP contribution in [0.2, 0.25) is 0 Å². The van der Waals surface area contributed by atoms with Crippen LogP contribution >= 0.6 is 0 Å². The first kappa shape index (κ1) is 26.2. The molecular formula is C19H21CaN7O6. The number of nitrogen functional groups attached to an aromatic ring is 1. The summed E-state index contributed by atoms with van der Waals surface area (Å²) in [4.78, 5) is 52.3. The first-order valence-corrected chi connectivity index (χ1v) is 9.68. The molecule has 1 amide bonds. The van der Waals surface area contributed by atoms with E-state index in [0.717, 1.165) is 0 Å². The molecule has 1 aromatic heterocycles. The SMILES string of the molecule is Nc1nc2c(c(=O)[nH]1)N[C@H](CNc1ccc(C(=O)N[C@@H](CCC(=O)[O-])C(=O)[O-])cc1)CN2.[Ca+2]. The van der Waals surface area contributed by atoms with Crippen LogP contribution in [-0.2, 0) is 9.59 Å². The van der Waals surface area contributed by atoms with E-state index in [1.165, 1.54) is 12.1 Å². The topological polar surface area (TPSA) is 217 Å². The Bertz CT molecular complexity index is 1080. The van der Waals surface area contributed by atoms with Crippen molar-refractivity contribution >= 4 is 78.7 Å². The monoisotopic (exact) mass is 483 g/mol. The normalized spacial score (nSPS) is 15.0. The van der Waals surface area contributed by atoms with Gasteiger partial charge in [-0.25, -0.2) is 0 Å². The minimum Gasteiger partial charge on any atom is -0.550 e. The molecule has 0 unspecified atom stereocenters. The minimum absolute atomic E-state index is 0. The Balaban J connectivity index is 0.00000385. The van der Waals surface area contributed by atoms with Crippen molar-refractivity contribution in [3.63, 3.8) is 0 Å². The Morgan fingerprint density at radius 1 is 1.21 bits per heavy atom. The van der Waals surface area contributed by atoms with Crippen molar-refractivity contribution in [1.29, 1.82) is 0 Å². The van der Waals surface area contributed by atoms with Crippen molar-refractivity contribution in [1.82, 2.24) is 15.3 Å². The van der Waals surface area contributed by atoms with Crippen molar-refractivity contribution in [2.45, 2.75) is 24.9 Å². The van der Waals surface area contributed by atoms with Gasteiger partial charge in [0.25, 0.3) is 11.5 Å². The molecule has 2 heterocycles. The number of carboxylic acid groups (broad SMARTS) is 2. The summed E-state index contributed by atoms with van der Waals surface area (Å²) in [6.07, 6.45) is -0.863. The average molecular weight is 483 g/mol. The number of H-pyrrole nitrogens is 1. The number of nitrogens with two attached hydrogens (primary N) is 1. The van der Waals surface area contributed by atoms with E-state index in [1.54, 1.807) is 12.1 Å².